The van der Waals surface area contributed by atoms with Crippen molar-refractivity contribution in [2.75, 3.05) is 28.2 Å². The van der Waals surface area contributed by atoms with Gasteiger partial charge in [-0.25, -0.2) is 0 Å². The van der Waals surface area contributed by atoms with Crippen LogP contribution in [-0.2, 0) is 19.5 Å². The van der Waals surface area contributed by atoms with E-state index in [2.05, 4.69) is 28.9 Å². The van der Waals surface area contributed by atoms with Crippen molar-refractivity contribution < 1.29 is 5.11 Å². The van der Waals surface area contributed by atoms with Crippen LogP contribution in [0.5, 0.6) is 5.75 Å². The third-order valence-corrected chi connectivity index (χ3v) is 4.37. The lowest BCUT2D eigenvalue weighted by atomic mass is 9.98. The van der Waals surface area contributed by atoms with Gasteiger partial charge in [-0.1, -0.05) is 57.6 Å². The van der Waals surface area contributed by atoms with Crippen LogP contribution in [0.15, 0.2) is 12.1 Å². The van der Waals surface area contributed by atoms with Gasteiger partial charge in [-0.05, 0) is 46.6 Å². The van der Waals surface area contributed by atoms with Crippen LogP contribution < -0.4 is 0 Å². The Morgan fingerprint density at radius 2 is 1.21 bits per heavy atom. The summed E-state index contributed by atoms with van der Waals surface area (Å²) in [6.07, 6.45) is 10.5. The summed E-state index contributed by atoms with van der Waals surface area (Å²) in [7, 11) is 8.20. The molecule has 0 aliphatic rings. The molecule has 0 spiro atoms. The number of unbranched alkanes of at least 4 members (excludes halogenated alkanes) is 6. The van der Waals surface area contributed by atoms with E-state index in [0.29, 0.717) is 5.75 Å². The molecular formula is C21H38N2O. The maximum absolute atomic E-state index is 10.5. The van der Waals surface area contributed by atoms with Gasteiger partial charge in [-0.2, -0.15) is 0 Å². The summed E-state index contributed by atoms with van der Waals surface area (Å²) in [6, 6.07) is 4.40. The van der Waals surface area contributed by atoms with Gasteiger partial charge in [0.15, 0.2) is 0 Å². The monoisotopic (exact) mass is 334 g/mol. The van der Waals surface area contributed by atoms with Gasteiger partial charge >= 0.3 is 0 Å². The van der Waals surface area contributed by atoms with Crippen molar-refractivity contribution in [2.24, 2.45) is 0 Å². The fraction of sp³-hybridized carbons (Fsp3) is 0.714. The Morgan fingerprint density at radius 1 is 0.750 bits per heavy atom. The number of benzene rings is 1. The molecule has 0 heterocycles. The Morgan fingerprint density at radius 3 is 1.67 bits per heavy atom. The largest absolute Gasteiger partial charge is 0.507 e. The summed E-state index contributed by atoms with van der Waals surface area (Å²) in [5.74, 6) is 0.473. The van der Waals surface area contributed by atoms with Crippen LogP contribution in [0.2, 0.25) is 0 Å². The fourth-order valence-corrected chi connectivity index (χ4v) is 3.19. The summed E-state index contributed by atoms with van der Waals surface area (Å²) in [4.78, 5) is 4.23. The van der Waals surface area contributed by atoms with Crippen LogP contribution in [0.1, 0.15) is 68.6 Å². The highest BCUT2D eigenvalue weighted by molar-refractivity contribution is 5.44. The number of rotatable bonds is 12. The Kier molecular flexibility index (Phi) is 10.0. The Hall–Kier alpha value is -1.06. The second-order valence-electron chi connectivity index (χ2n) is 7.61. The highest BCUT2D eigenvalue weighted by Gasteiger charge is 2.11. The number of phenolic OH excluding ortho intramolecular Hbond substituents is 1. The van der Waals surface area contributed by atoms with Crippen LogP contribution in [0.25, 0.3) is 0 Å². The molecule has 0 aromatic heterocycles. The first-order valence-corrected chi connectivity index (χ1v) is 9.57. The number of phenols is 1. The second-order valence-corrected chi connectivity index (χ2v) is 7.61. The first-order chi connectivity index (χ1) is 11.4. The summed E-state index contributed by atoms with van der Waals surface area (Å²) >= 11 is 0. The number of aryl methyl sites for hydroxylation is 1. The zero-order chi connectivity index (χ0) is 17.9. The number of hydrogen-bond acceptors (Lipinski definition) is 3. The quantitative estimate of drug-likeness (QED) is 0.556. The molecule has 1 N–H and O–H groups in total. The van der Waals surface area contributed by atoms with Crippen molar-refractivity contribution in [2.45, 2.75) is 71.4 Å². The van der Waals surface area contributed by atoms with E-state index < -0.39 is 0 Å². The van der Waals surface area contributed by atoms with E-state index in [0.717, 1.165) is 30.6 Å². The van der Waals surface area contributed by atoms with E-state index in [9.17, 15) is 5.11 Å². The minimum Gasteiger partial charge on any atom is -0.507 e. The molecule has 3 nitrogen and oxygen atoms in total. The average Bonchev–Trinajstić information content (AvgIpc) is 2.49. The van der Waals surface area contributed by atoms with Crippen molar-refractivity contribution in [3.63, 3.8) is 0 Å². The zero-order valence-corrected chi connectivity index (χ0v) is 16.6. The normalized spacial score (nSPS) is 11.6. The third-order valence-electron chi connectivity index (χ3n) is 4.37. The minimum absolute atomic E-state index is 0.473. The fourth-order valence-electron chi connectivity index (χ4n) is 3.19. The van der Waals surface area contributed by atoms with Gasteiger partial charge in [0.1, 0.15) is 5.75 Å². The Balaban J connectivity index is 2.64. The van der Waals surface area contributed by atoms with Crippen molar-refractivity contribution in [1.29, 1.82) is 0 Å². The van der Waals surface area contributed by atoms with Crippen LogP contribution in [0, 0.1) is 0 Å². The van der Waals surface area contributed by atoms with Gasteiger partial charge in [0.2, 0.25) is 0 Å². The van der Waals surface area contributed by atoms with Crippen LogP contribution in [0.4, 0.5) is 0 Å². The smallest absolute Gasteiger partial charge is 0.124 e. The molecule has 0 aliphatic carbocycles. The molecule has 0 radical (unpaired) electrons. The molecule has 0 aliphatic heterocycles. The highest BCUT2D eigenvalue weighted by Crippen LogP contribution is 2.27. The van der Waals surface area contributed by atoms with Crippen molar-refractivity contribution in [3.8, 4) is 5.75 Å². The lowest BCUT2D eigenvalue weighted by Crippen LogP contribution is -2.14. The molecule has 0 amide bonds. The lowest BCUT2D eigenvalue weighted by Gasteiger charge is -2.18. The zero-order valence-electron chi connectivity index (χ0n) is 16.6. The second kappa shape index (κ2) is 11.5. The van der Waals surface area contributed by atoms with Crippen LogP contribution in [0.3, 0.4) is 0 Å². The van der Waals surface area contributed by atoms with E-state index in [4.69, 9.17) is 0 Å². The molecule has 1 aromatic carbocycles. The molecule has 0 saturated carbocycles. The maximum atomic E-state index is 10.5. The summed E-state index contributed by atoms with van der Waals surface area (Å²) in [5, 5.41) is 10.5. The molecule has 3 heteroatoms. The maximum Gasteiger partial charge on any atom is 0.124 e. The number of aromatic hydroxyl groups is 1. The Labute approximate surface area is 149 Å². The predicted octanol–water partition coefficient (Wildman–Crippen LogP) is 4.81. The topological polar surface area (TPSA) is 26.7 Å². The number of hydrogen-bond donors (Lipinski definition) is 1. The third kappa shape index (κ3) is 8.16. The van der Waals surface area contributed by atoms with Crippen LogP contribution in [-0.4, -0.2) is 43.1 Å². The van der Waals surface area contributed by atoms with Gasteiger partial charge in [0, 0.05) is 24.2 Å². The molecule has 138 valence electrons. The van der Waals surface area contributed by atoms with Gasteiger partial charge in [-0.3, -0.25) is 0 Å². The lowest BCUT2D eigenvalue weighted by molar-refractivity contribution is 0.368. The molecule has 0 unspecified atom stereocenters. The molecule has 0 fully saturated rings. The van der Waals surface area contributed by atoms with Crippen molar-refractivity contribution in [3.05, 3.63) is 28.8 Å². The number of nitrogens with zero attached hydrogens (tertiary/aromatic N) is 2. The van der Waals surface area contributed by atoms with E-state index in [-0.39, 0.29) is 0 Å². The summed E-state index contributed by atoms with van der Waals surface area (Å²) in [5.41, 5.74) is 3.48. The van der Waals surface area contributed by atoms with Crippen LogP contribution >= 0.6 is 0 Å². The molecule has 0 bridgehead atoms. The highest BCUT2D eigenvalue weighted by atomic mass is 16.3. The van der Waals surface area contributed by atoms with Gasteiger partial charge < -0.3 is 14.9 Å². The van der Waals surface area contributed by atoms with E-state index >= 15 is 0 Å². The molecule has 1 aromatic rings. The van der Waals surface area contributed by atoms with E-state index in [1.807, 2.05) is 28.2 Å². The summed E-state index contributed by atoms with van der Waals surface area (Å²) < 4.78 is 0. The molecule has 24 heavy (non-hydrogen) atoms. The van der Waals surface area contributed by atoms with Crippen molar-refractivity contribution in [1.82, 2.24) is 9.80 Å². The molecule has 0 atom stereocenters. The van der Waals surface area contributed by atoms with Gasteiger partial charge in [0.25, 0.3) is 0 Å². The first-order valence-electron chi connectivity index (χ1n) is 9.57. The summed E-state index contributed by atoms with van der Waals surface area (Å²) in [6.45, 7) is 3.84. The standard InChI is InChI=1S/C21H38N2O/c1-6-7-8-9-10-11-12-13-18-14-19(16-22(2)3)21(24)20(15-18)17-23(4)5/h14-15,24H,6-13,16-17H2,1-5H3. The van der Waals surface area contributed by atoms with E-state index in [1.165, 1.54) is 50.5 Å². The SMILES string of the molecule is CCCCCCCCCc1cc(CN(C)C)c(O)c(CN(C)C)c1. The molecule has 1 rings (SSSR count). The van der Waals surface area contributed by atoms with Gasteiger partial charge in [-0.15, -0.1) is 0 Å². The molecular weight excluding hydrogens is 296 g/mol. The average molecular weight is 335 g/mol. The molecule has 0 saturated heterocycles. The van der Waals surface area contributed by atoms with Gasteiger partial charge in [0.05, 0.1) is 0 Å². The van der Waals surface area contributed by atoms with E-state index in [1.54, 1.807) is 0 Å². The Bertz CT molecular complexity index is 438. The van der Waals surface area contributed by atoms with Crippen molar-refractivity contribution >= 4 is 0 Å². The first kappa shape index (κ1) is 21.0. The predicted molar refractivity (Wildman–Crippen MR) is 105 cm³/mol. The minimum atomic E-state index is 0.473.